The smallest absolute Gasteiger partial charge is 0.149 e. The van der Waals surface area contributed by atoms with Crippen molar-refractivity contribution in [3.05, 3.63) is 24.3 Å². The van der Waals surface area contributed by atoms with Gasteiger partial charge in [-0.25, -0.2) is 0 Å². The van der Waals surface area contributed by atoms with Crippen molar-refractivity contribution in [3.8, 4) is 11.5 Å². The van der Waals surface area contributed by atoms with E-state index >= 15 is 0 Å². The molecule has 0 amide bonds. The van der Waals surface area contributed by atoms with Crippen LogP contribution >= 0.6 is 0 Å². The maximum Gasteiger partial charge on any atom is 0.149 e. The molecule has 0 aliphatic carbocycles. The second-order valence-electron chi connectivity index (χ2n) is 6.46. The van der Waals surface area contributed by atoms with E-state index in [2.05, 4.69) is 16.7 Å². The van der Waals surface area contributed by atoms with Crippen LogP contribution in [-0.4, -0.2) is 62.0 Å². The number of alkyl halides is 1. The van der Waals surface area contributed by atoms with Crippen LogP contribution in [0, 0.1) is 0 Å². The first kappa shape index (κ1) is 19.0. The van der Waals surface area contributed by atoms with Crippen molar-refractivity contribution >= 4 is 0 Å². The summed E-state index contributed by atoms with van der Waals surface area (Å²) in [6.45, 7) is 7.73. The Bertz CT molecular complexity index is 461. The molecule has 1 heterocycles. The number of rotatable bonds is 9. The molecule has 1 aliphatic heterocycles. The Balaban J connectivity index is 1.76. The molecule has 0 spiro atoms. The van der Waals surface area contributed by atoms with E-state index in [1.54, 1.807) is 0 Å². The molecule has 0 N–H and O–H groups in total. The second kappa shape index (κ2) is 9.84. The van der Waals surface area contributed by atoms with E-state index in [0.29, 0.717) is 6.42 Å². The third kappa shape index (κ3) is 5.95. The van der Waals surface area contributed by atoms with Gasteiger partial charge in [0.25, 0.3) is 0 Å². The summed E-state index contributed by atoms with van der Waals surface area (Å²) in [5.74, 6) is 1.75. The van der Waals surface area contributed by atoms with Gasteiger partial charge in [-0.3, -0.25) is 9.29 Å². The molecule has 4 nitrogen and oxygen atoms in total. The van der Waals surface area contributed by atoms with Gasteiger partial charge >= 0.3 is 0 Å². The molecule has 1 aliphatic rings. The lowest BCUT2D eigenvalue weighted by molar-refractivity contribution is 0.0648. The number of likely N-dealkylation sites (tertiary alicyclic amines) is 1. The SMILES string of the molecule is CCN(C)C(C)Oc1ccc(OC2CCN(CCCF)CC2)cc1. The predicted molar refractivity (Wildman–Crippen MR) is 95.5 cm³/mol. The Labute approximate surface area is 145 Å². The molecule has 136 valence electrons. The van der Waals surface area contributed by atoms with Crippen LogP contribution < -0.4 is 9.47 Å². The van der Waals surface area contributed by atoms with Crippen LogP contribution in [0.1, 0.15) is 33.1 Å². The second-order valence-corrected chi connectivity index (χ2v) is 6.46. The average Bonchev–Trinajstić information content (AvgIpc) is 2.62. The molecule has 24 heavy (non-hydrogen) atoms. The Morgan fingerprint density at radius 1 is 1.21 bits per heavy atom. The number of hydrogen-bond acceptors (Lipinski definition) is 4. The quantitative estimate of drug-likeness (QED) is 0.643. The number of halogens is 1. The molecule has 5 heteroatoms. The van der Waals surface area contributed by atoms with Crippen molar-refractivity contribution in [2.24, 2.45) is 0 Å². The summed E-state index contributed by atoms with van der Waals surface area (Å²) >= 11 is 0. The lowest BCUT2D eigenvalue weighted by Gasteiger charge is -2.32. The topological polar surface area (TPSA) is 24.9 Å². The van der Waals surface area contributed by atoms with E-state index in [-0.39, 0.29) is 19.0 Å². The van der Waals surface area contributed by atoms with Crippen molar-refractivity contribution in [2.75, 3.05) is 39.9 Å². The summed E-state index contributed by atoms with van der Waals surface area (Å²) in [4.78, 5) is 4.46. The summed E-state index contributed by atoms with van der Waals surface area (Å²) in [5.41, 5.74) is 0. The minimum Gasteiger partial charge on any atom is -0.490 e. The fourth-order valence-electron chi connectivity index (χ4n) is 2.87. The van der Waals surface area contributed by atoms with Crippen LogP contribution in [0.3, 0.4) is 0 Å². The molecular weight excluding hydrogens is 307 g/mol. The average molecular weight is 338 g/mol. The van der Waals surface area contributed by atoms with E-state index in [0.717, 1.165) is 50.5 Å². The van der Waals surface area contributed by atoms with Crippen LogP contribution in [-0.2, 0) is 0 Å². The van der Waals surface area contributed by atoms with Gasteiger partial charge in [0.2, 0.25) is 0 Å². The maximum absolute atomic E-state index is 12.2. The van der Waals surface area contributed by atoms with E-state index in [4.69, 9.17) is 9.47 Å². The van der Waals surface area contributed by atoms with Crippen LogP contribution in [0.25, 0.3) is 0 Å². The molecule has 1 atom stereocenters. The number of ether oxygens (including phenoxy) is 2. The van der Waals surface area contributed by atoms with Crippen molar-refractivity contribution in [1.29, 1.82) is 0 Å². The van der Waals surface area contributed by atoms with Crippen LogP contribution in [0.15, 0.2) is 24.3 Å². The Morgan fingerprint density at radius 2 is 1.83 bits per heavy atom. The first-order valence-electron chi connectivity index (χ1n) is 9.04. The van der Waals surface area contributed by atoms with Gasteiger partial charge < -0.3 is 14.4 Å². The fourth-order valence-corrected chi connectivity index (χ4v) is 2.87. The molecule has 0 saturated carbocycles. The molecular formula is C19H31FN2O2. The minimum atomic E-state index is -0.225. The Kier molecular flexibility index (Phi) is 7.79. The maximum atomic E-state index is 12.2. The predicted octanol–water partition coefficient (Wildman–Crippen LogP) is 3.57. The Hall–Kier alpha value is -1.33. The van der Waals surface area contributed by atoms with Gasteiger partial charge in [-0.05, 0) is 64.0 Å². The van der Waals surface area contributed by atoms with Crippen molar-refractivity contribution in [1.82, 2.24) is 9.80 Å². The third-order valence-corrected chi connectivity index (χ3v) is 4.70. The molecule has 1 fully saturated rings. The zero-order chi connectivity index (χ0) is 17.4. The third-order valence-electron chi connectivity index (χ3n) is 4.70. The highest BCUT2D eigenvalue weighted by atomic mass is 19.1. The van der Waals surface area contributed by atoms with Gasteiger partial charge in [-0.15, -0.1) is 0 Å². The fraction of sp³-hybridized carbons (Fsp3) is 0.684. The number of hydrogen-bond donors (Lipinski definition) is 0. The summed E-state index contributed by atoms with van der Waals surface area (Å²) in [6.07, 6.45) is 2.95. The normalized spacial score (nSPS) is 17.9. The van der Waals surface area contributed by atoms with Gasteiger partial charge in [0.05, 0.1) is 6.67 Å². The van der Waals surface area contributed by atoms with Crippen LogP contribution in [0.5, 0.6) is 11.5 Å². The molecule has 0 bridgehead atoms. The Morgan fingerprint density at radius 3 is 2.42 bits per heavy atom. The van der Waals surface area contributed by atoms with Gasteiger partial charge in [-0.1, -0.05) is 6.92 Å². The summed E-state index contributed by atoms with van der Waals surface area (Å²) < 4.78 is 24.2. The zero-order valence-electron chi connectivity index (χ0n) is 15.2. The molecule has 0 aromatic heterocycles. The number of benzene rings is 1. The molecule has 1 aromatic rings. The van der Waals surface area contributed by atoms with Crippen molar-refractivity contribution in [3.63, 3.8) is 0 Å². The molecule has 1 unspecified atom stereocenters. The summed E-state index contributed by atoms with van der Waals surface area (Å²) in [7, 11) is 2.04. The minimum absolute atomic E-state index is 0.0513. The lowest BCUT2D eigenvalue weighted by atomic mass is 10.1. The van der Waals surface area contributed by atoms with E-state index in [1.165, 1.54) is 0 Å². The number of nitrogens with zero attached hydrogens (tertiary/aromatic N) is 2. The summed E-state index contributed by atoms with van der Waals surface area (Å²) in [5, 5.41) is 0. The van der Waals surface area contributed by atoms with Crippen molar-refractivity contribution < 1.29 is 13.9 Å². The van der Waals surface area contributed by atoms with Gasteiger partial charge in [0.1, 0.15) is 23.8 Å². The zero-order valence-corrected chi connectivity index (χ0v) is 15.2. The van der Waals surface area contributed by atoms with Crippen LogP contribution in [0.4, 0.5) is 4.39 Å². The van der Waals surface area contributed by atoms with Crippen molar-refractivity contribution in [2.45, 2.75) is 45.4 Å². The molecule has 2 rings (SSSR count). The standard InChI is InChI=1S/C19H31FN2O2/c1-4-21(3)16(2)23-17-6-8-18(9-7-17)24-19-10-14-22(15-11-19)13-5-12-20/h6-9,16,19H,4-5,10-15H2,1-3H3. The summed E-state index contributed by atoms with van der Waals surface area (Å²) in [6, 6.07) is 7.88. The highest BCUT2D eigenvalue weighted by Crippen LogP contribution is 2.23. The van der Waals surface area contributed by atoms with Gasteiger partial charge in [0, 0.05) is 19.6 Å². The van der Waals surface area contributed by atoms with Gasteiger partial charge in [-0.2, -0.15) is 0 Å². The van der Waals surface area contributed by atoms with E-state index in [1.807, 2.05) is 38.2 Å². The van der Waals surface area contributed by atoms with E-state index < -0.39 is 0 Å². The van der Waals surface area contributed by atoms with Crippen LogP contribution in [0.2, 0.25) is 0 Å². The monoisotopic (exact) mass is 338 g/mol. The molecule has 0 radical (unpaired) electrons. The van der Waals surface area contributed by atoms with Gasteiger partial charge in [0.15, 0.2) is 0 Å². The largest absolute Gasteiger partial charge is 0.490 e. The number of piperidine rings is 1. The van der Waals surface area contributed by atoms with E-state index in [9.17, 15) is 4.39 Å². The molecule has 1 aromatic carbocycles. The first-order chi connectivity index (χ1) is 11.6. The lowest BCUT2D eigenvalue weighted by Crippen LogP contribution is -2.38. The molecule has 1 saturated heterocycles. The first-order valence-corrected chi connectivity index (χ1v) is 9.04. The highest BCUT2D eigenvalue weighted by Gasteiger charge is 2.20. The highest BCUT2D eigenvalue weighted by molar-refractivity contribution is 5.31.